The number of alkyl halides is 3. The Morgan fingerprint density at radius 2 is 0.984 bits per heavy atom. The first-order valence-electron chi connectivity index (χ1n) is 19.4. The SMILES string of the molecule is [C-]#[N+]c1ccc(-c2ccc3c4ccccc4n(-c4cc([N+]#[C-])c(-c5ccc(C(F)(F)F)cc5C#N)cc4-n4c5ccccc5c5ccc(-c6ccc(C#N)cc6)cc54)c3c2)cc1. The van der Waals surface area contributed by atoms with Crippen molar-refractivity contribution in [2.24, 2.45) is 0 Å². The Hall–Kier alpha value is -8.89. The smallest absolute Gasteiger partial charge is 0.308 e. The van der Waals surface area contributed by atoms with E-state index in [0.717, 1.165) is 78.0 Å². The van der Waals surface area contributed by atoms with Crippen LogP contribution in [0, 0.1) is 35.8 Å². The molecule has 0 bridgehead atoms. The van der Waals surface area contributed by atoms with Crippen LogP contribution in [0.1, 0.15) is 16.7 Å². The maximum atomic E-state index is 14.0. The topological polar surface area (TPSA) is 66.2 Å². The van der Waals surface area contributed by atoms with Crippen molar-refractivity contribution in [3.8, 4) is 56.9 Å². The van der Waals surface area contributed by atoms with Gasteiger partial charge in [-0.3, -0.25) is 0 Å². The molecule has 9 heteroatoms. The Balaban J connectivity index is 1.34. The van der Waals surface area contributed by atoms with Gasteiger partial charge in [0.2, 0.25) is 0 Å². The maximum absolute atomic E-state index is 14.0. The summed E-state index contributed by atoms with van der Waals surface area (Å²) in [5.41, 5.74) is 8.79. The molecule has 0 spiro atoms. The maximum Gasteiger partial charge on any atom is 0.416 e. The molecular weight excluding hydrogens is 778 g/mol. The van der Waals surface area contributed by atoms with Crippen LogP contribution in [0.4, 0.5) is 24.5 Å². The summed E-state index contributed by atoms with van der Waals surface area (Å²) >= 11 is 0. The van der Waals surface area contributed by atoms with Crippen LogP contribution in [0.15, 0.2) is 164 Å². The lowest BCUT2D eigenvalue weighted by Gasteiger charge is -2.20. The fourth-order valence-corrected chi connectivity index (χ4v) is 8.57. The van der Waals surface area contributed by atoms with Crippen LogP contribution in [-0.2, 0) is 6.18 Å². The average molecular weight is 805 g/mol. The molecule has 0 radical (unpaired) electrons. The monoisotopic (exact) mass is 804 g/mol. The zero-order valence-electron chi connectivity index (χ0n) is 32.4. The van der Waals surface area contributed by atoms with Crippen LogP contribution < -0.4 is 0 Å². The largest absolute Gasteiger partial charge is 0.416 e. The van der Waals surface area contributed by atoms with Gasteiger partial charge in [-0.2, -0.15) is 23.7 Å². The molecule has 0 unspecified atom stereocenters. The summed E-state index contributed by atoms with van der Waals surface area (Å²) in [6, 6.07) is 53.9. The highest BCUT2D eigenvalue weighted by atomic mass is 19.4. The van der Waals surface area contributed by atoms with E-state index in [-0.39, 0.29) is 16.8 Å². The molecule has 0 aliphatic rings. The molecule has 10 rings (SSSR count). The molecule has 0 amide bonds. The van der Waals surface area contributed by atoms with E-state index in [1.807, 2.05) is 97.1 Å². The lowest BCUT2D eigenvalue weighted by molar-refractivity contribution is -0.137. The van der Waals surface area contributed by atoms with Crippen LogP contribution >= 0.6 is 0 Å². The van der Waals surface area contributed by atoms with Crippen molar-refractivity contribution in [1.82, 2.24) is 9.13 Å². The first-order valence-corrected chi connectivity index (χ1v) is 19.4. The van der Waals surface area contributed by atoms with Gasteiger partial charge in [0.05, 0.1) is 75.4 Å². The van der Waals surface area contributed by atoms with Crippen LogP contribution in [0.25, 0.3) is 98.1 Å². The zero-order chi connectivity index (χ0) is 42.7. The van der Waals surface area contributed by atoms with Gasteiger partial charge in [-0.05, 0) is 94.0 Å². The van der Waals surface area contributed by atoms with E-state index in [9.17, 15) is 23.7 Å². The van der Waals surface area contributed by atoms with Gasteiger partial charge in [0, 0.05) is 21.5 Å². The van der Waals surface area contributed by atoms with Gasteiger partial charge < -0.3 is 9.13 Å². The van der Waals surface area contributed by atoms with E-state index in [4.69, 9.17) is 13.1 Å². The number of para-hydroxylation sites is 2. The number of fused-ring (bicyclic) bond motifs is 6. The lowest BCUT2D eigenvalue weighted by atomic mass is 9.95. The molecule has 0 fully saturated rings. The highest BCUT2D eigenvalue weighted by Gasteiger charge is 2.32. The van der Waals surface area contributed by atoms with Crippen LogP contribution in [-0.4, -0.2) is 9.13 Å². The molecular formula is C53H27F3N6. The molecule has 0 atom stereocenters. The molecule has 0 aliphatic carbocycles. The van der Waals surface area contributed by atoms with Gasteiger partial charge >= 0.3 is 6.18 Å². The van der Waals surface area contributed by atoms with Crippen molar-refractivity contribution in [1.29, 1.82) is 10.5 Å². The van der Waals surface area contributed by atoms with Crippen molar-refractivity contribution < 1.29 is 13.2 Å². The van der Waals surface area contributed by atoms with Crippen molar-refractivity contribution in [3.63, 3.8) is 0 Å². The van der Waals surface area contributed by atoms with E-state index in [2.05, 4.69) is 49.2 Å². The summed E-state index contributed by atoms with van der Waals surface area (Å²) in [5, 5.41) is 23.6. The van der Waals surface area contributed by atoms with Gasteiger partial charge in [-0.15, -0.1) is 0 Å². The number of aromatic nitrogens is 2. The highest BCUT2D eigenvalue weighted by Crippen LogP contribution is 2.45. The molecule has 8 aromatic carbocycles. The summed E-state index contributed by atoms with van der Waals surface area (Å²) in [6.45, 7) is 15.9. The Bertz CT molecular complexity index is 3660. The van der Waals surface area contributed by atoms with Crippen LogP contribution in [0.5, 0.6) is 0 Å². The predicted molar refractivity (Wildman–Crippen MR) is 238 cm³/mol. The summed E-state index contributed by atoms with van der Waals surface area (Å²) < 4.78 is 46.2. The van der Waals surface area contributed by atoms with Crippen LogP contribution in [0.2, 0.25) is 0 Å². The van der Waals surface area contributed by atoms with Crippen molar-refractivity contribution in [3.05, 3.63) is 203 Å². The number of nitriles is 2. The summed E-state index contributed by atoms with van der Waals surface area (Å²) in [6.07, 6.45) is -4.67. The fraction of sp³-hybridized carbons (Fsp3) is 0.0189. The quantitative estimate of drug-likeness (QED) is 0.163. The highest BCUT2D eigenvalue weighted by molar-refractivity contribution is 6.13. The minimum Gasteiger partial charge on any atom is -0.308 e. The van der Waals surface area contributed by atoms with E-state index >= 15 is 0 Å². The second-order valence-electron chi connectivity index (χ2n) is 14.9. The van der Waals surface area contributed by atoms with E-state index in [1.165, 1.54) is 6.07 Å². The second kappa shape index (κ2) is 14.4. The number of hydrogen-bond donors (Lipinski definition) is 0. The van der Waals surface area contributed by atoms with Gasteiger partial charge in [0.15, 0.2) is 11.4 Å². The van der Waals surface area contributed by atoms with Gasteiger partial charge in [0.25, 0.3) is 0 Å². The van der Waals surface area contributed by atoms with Gasteiger partial charge in [-0.1, -0.05) is 103 Å². The second-order valence-corrected chi connectivity index (χ2v) is 14.9. The molecule has 10 aromatic rings. The molecule has 0 N–H and O–H groups in total. The van der Waals surface area contributed by atoms with E-state index in [1.54, 1.807) is 30.3 Å². The number of hydrogen-bond acceptors (Lipinski definition) is 2. The zero-order valence-corrected chi connectivity index (χ0v) is 32.4. The molecule has 290 valence electrons. The minimum atomic E-state index is -4.67. The third-order valence-electron chi connectivity index (χ3n) is 11.5. The predicted octanol–water partition coefficient (Wildman–Crippen LogP) is 14.7. The number of halogens is 3. The van der Waals surface area contributed by atoms with E-state index in [0.29, 0.717) is 28.2 Å². The third kappa shape index (κ3) is 6.01. The van der Waals surface area contributed by atoms with E-state index < -0.39 is 11.7 Å². The average Bonchev–Trinajstić information content (AvgIpc) is 3.82. The first kappa shape index (κ1) is 37.4. The molecule has 2 heterocycles. The molecule has 62 heavy (non-hydrogen) atoms. The van der Waals surface area contributed by atoms with Crippen molar-refractivity contribution >= 4 is 55.0 Å². The third-order valence-corrected chi connectivity index (χ3v) is 11.5. The van der Waals surface area contributed by atoms with Crippen molar-refractivity contribution in [2.75, 3.05) is 0 Å². The molecule has 2 aromatic heterocycles. The van der Waals surface area contributed by atoms with Crippen LogP contribution in [0.3, 0.4) is 0 Å². The molecule has 0 saturated carbocycles. The van der Waals surface area contributed by atoms with Crippen molar-refractivity contribution in [2.45, 2.75) is 6.18 Å². The van der Waals surface area contributed by atoms with Gasteiger partial charge in [0.1, 0.15) is 0 Å². The molecule has 0 saturated heterocycles. The first-order chi connectivity index (χ1) is 30.2. The number of rotatable bonds is 5. The molecule has 0 aliphatic heterocycles. The number of nitrogens with zero attached hydrogens (tertiary/aromatic N) is 6. The minimum absolute atomic E-state index is 0.149. The Labute approximate surface area is 353 Å². The standard InChI is InChI=1S/C53H27F3N6/c1-59-39-20-15-34(16-21-39)36-18-23-44-42-8-4-6-10-48(42)62(50(44)27-36)52-29-46(60-2)45(40-24-19-38(53(54,55)56)25-37(40)31-58)28-51(52)61-47-9-5-3-7-41(47)43-22-17-35(26-49(43)61)33-13-11-32(30-57)12-14-33/h3-29H. The van der Waals surface area contributed by atoms with Gasteiger partial charge in [-0.25, -0.2) is 9.69 Å². The summed E-state index contributed by atoms with van der Waals surface area (Å²) in [4.78, 5) is 7.52. The molecule has 6 nitrogen and oxygen atoms in total. The Morgan fingerprint density at radius 1 is 0.468 bits per heavy atom. The Kier molecular flexibility index (Phi) is 8.70. The lowest BCUT2D eigenvalue weighted by Crippen LogP contribution is -2.06. The Morgan fingerprint density at radius 3 is 1.50 bits per heavy atom. The summed E-state index contributed by atoms with van der Waals surface area (Å²) in [5.74, 6) is 0. The normalized spacial score (nSPS) is 11.4. The number of benzene rings is 8. The summed E-state index contributed by atoms with van der Waals surface area (Å²) in [7, 11) is 0. The fourth-order valence-electron chi connectivity index (χ4n) is 8.57.